The van der Waals surface area contributed by atoms with Gasteiger partial charge in [-0.3, -0.25) is 9.48 Å². The number of methoxy groups -OCH3 is 1. The minimum absolute atomic E-state index is 0.0128. The Morgan fingerprint density at radius 1 is 1.02 bits per heavy atom. The summed E-state index contributed by atoms with van der Waals surface area (Å²) in [5.74, 6) is 2.12. The van der Waals surface area contributed by atoms with Crippen LogP contribution in [0.1, 0.15) is 85.4 Å². The van der Waals surface area contributed by atoms with Crippen LogP contribution in [0.3, 0.4) is 0 Å². The van der Waals surface area contributed by atoms with E-state index in [1.165, 1.54) is 6.07 Å². The quantitative estimate of drug-likeness (QED) is 0.135. The topological polar surface area (TPSA) is 84.1 Å². The smallest absolute Gasteiger partial charge is 0.213 e. The lowest BCUT2D eigenvalue weighted by molar-refractivity contribution is 0.101. The van der Waals surface area contributed by atoms with Gasteiger partial charge in [-0.25, -0.2) is 14.4 Å². The number of ether oxygens (including phenoxy) is 2. The molecule has 3 heterocycles. The largest absolute Gasteiger partial charge is 0.473 e. The van der Waals surface area contributed by atoms with Crippen LogP contribution >= 0.6 is 0 Å². The fraction of sp³-hybridized carbons (Fsp3) is 0.421. The van der Waals surface area contributed by atoms with Crippen molar-refractivity contribution in [2.24, 2.45) is 13.0 Å². The zero-order chi connectivity index (χ0) is 33.5. The van der Waals surface area contributed by atoms with Crippen LogP contribution in [0.5, 0.6) is 5.88 Å². The standard InChI is InChI=1S/C36H40FN5O3.C2H6/c1-23-8-11-27(30(37)18-23)22-45-35-7-5-6-31(38-35)26-12-9-25(10-13-26)19-34-39-36-29(32-14-15-41(3)40-32)20-28(24(2)43)21-33(36)42(34)16-17-44-4;1-2/h5-8,11,14-15,18,20-21,25-26H,9-10,12-13,16-17,19,22H2,1-4H3;1-2H3. The Bertz CT molecular complexity index is 1820. The number of hydrogen-bond donors (Lipinski definition) is 0. The molecule has 0 atom stereocenters. The number of fused-ring (bicyclic) bond motifs is 1. The van der Waals surface area contributed by atoms with E-state index < -0.39 is 0 Å². The first-order valence-corrected chi connectivity index (χ1v) is 16.7. The van der Waals surface area contributed by atoms with Crippen LogP contribution in [-0.4, -0.2) is 43.8 Å². The van der Waals surface area contributed by atoms with Crippen LogP contribution in [0.4, 0.5) is 4.39 Å². The van der Waals surface area contributed by atoms with E-state index in [1.54, 1.807) is 24.8 Å². The molecule has 0 spiro atoms. The maximum absolute atomic E-state index is 14.3. The third kappa shape index (κ3) is 7.96. The number of ketones is 1. The van der Waals surface area contributed by atoms with E-state index in [2.05, 4.69) is 15.7 Å². The lowest BCUT2D eigenvalue weighted by Crippen LogP contribution is -2.18. The molecular formula is C38H46FN5O3. The molecule has 0 aliphatic heterocycles. The van der Waals surface area contributed by atoms with E-state index in [9.17, 15) is 9.18 Å². The van der Waals surface area contributed by atoms with Crippen LogP contribution in [-0.2, 0) is 31.4 Å². The van der Waals surface area contributed by atoms with Crippen LogP contribution in [0.2, 0.25) is 0 Å². The molecule has 1 fully saturated rings. The molecule has 0 amide bonds. The van der Waals surface area contributed by atoms with E-state index in [-0.39, 0.29) is 18.2 Å². The lowest BCUT2D eigenvalue weighted by atomic mass is 9.79. The zero-order valence-electron chi connectivity index (χ0n) is 28.4. The molecule has 1 saturated carbocycles. The molecule has 6 rings (SSSR count). The van der Waals surface area contributed by atoms with Gasteiger partial charge in [0.25, 0.3) is 0 Å². The molecule has 0 saturated heterocycles. The number of aromatic nitrogens is 5. The fourth-order valence-electron chi connectivity index (χ4n) is 6.40. The second-order valence-corrected chi connectivity index (χ2v) is 12.2. The Labute approximate surface area is 277 Å². The van der Waals surface area contributed by atoms with Gasteiger partial charge < -0.3 is 14.0 Å². The van der Waals surface area contributed by atoms with Crippen molar-refractivity contribution in [1.29, 1.82) is 0 Å². The molecule has 0 N–H and O–H groups in total. The van der Waals surface area contributed by atoms with Gasteiger partial charge in [-0.15, -0.1) is 0 Å². The first-order chi connectivity index (χ1) is 22.8. The molecule has 1 aliphatic carbocycles. The number of carbonyl (C=O) groups is 1. The van der Waals surface area contributed by atoms with Crippen molar-refractivity contribution in [3.63, 3.8) is 0 Å². The molecule has 9 heteroatoms. The molecule has 0 unspecified atom stereocenters. The van der Waals surface area contributed by atoms with Gasteiger partial charge in [-0.2, -0.15) is 5.10 Å². The fourth-order valence-corrected chi connectivity index (χ4v) is 6.40. The predicted molar refractivity (Wildman–Crippen MR) is 183 cm³/mol. The van der Waals surface area contributed by atoms with E-state index in [0.717, 1.165) is 71.5 Å². The van der Waals surface area contributed by atoms with E-state index in [1.807, 2.05) is 70.4 Å². The molecule has 0 bridgehead atoms. The Hall–Kier alpha value is -4.37. The summed E-state index contributed by atoms with van der Waals surface area (Å²) < 4.78 is 29.6. The highest BCUT2D eigenvalue weighted by Gasteiger charge is 2.26. The third-order valence-electron chi connectivity index (χ3n) is 8.91. The van der Waals surface area contributed by atoms with Gasteiger partial charge in [-0.05, 0) is 81.3 Å². The number of pyridine rings is 1. The van der Waals surface area contributed by atoms with Crippen molar-refractivity contribution in [2.75, 3.05) is 13.7 Å². The van der Waals surface area contributed by atoms with Crippen LogP contribution < -0.4 is 4.74 Å². The Balaban J connectivity index is 0.00000213. The Morgan fingerprint density at radius 3 is 2.49 bits per heavy atom. The predicted octanol–water partition coefficient (Wildman–Crippen LogP) is 8.25. The molecular weight excluding hydrogens is 593 g/mol. The third-order valence-corrected chi connectivity index (χ3v) is 8.91. The number of halogens is 1. The van der Waals surface area contributed by atoms with Gasteiger partial charge in [-0.1, -0.05) is 32.0 Å². The monoisotopic (exact) mass is 639 g/mol. The number of imidazole rings is 1. The molecule has 248 valence electrons. The van der Waals surface area contributed by atoms with Crippen molar-refractivity contribution in [3.05, 3.63) is 94.8 Å². The molecule has 47 heavy (non-hydrogen) atoms. The molecule has 0 radical (unpaired) electrons. The summed E-state index contributed by atoms with van der Waals surface area (Å²) in [7, 11) is 3.59. The molecule has 8 nitrogen and oxygen atoms in total. The lowest BCUT2D eigenvalue weighted by Gasteiger charge is -2.28. The maximum Gasteiger partial charge on any atom is 0.213 e. The van der Waals surface area contributed by atoms with Crippen LogP contribution in [0.15, 0.2) is 60.8 Å². The molecule has 5 aromatic rings. The highest BCUT2D eigenvalue weighted by atomic mass is 19.1. The van der Waals surface area contributed by atoms with Crippen molar-refractivity contribution in [1.82, 2.24) is 24.3 Å². The van der Waals surface area contributed by atoms with E-state index in [4.69, 9.17) is 19.4 Å². The highest BCUT2D eigenvalue weighted by Crippen LogP contribution is 2.38. The Kier molecular flexibility index (Phi) is 11.2. The van der Waals surface area contributed by atoms with Crippen molar-refractivity contribution in [2.45, 2.75) is 78.9 Å². The normalized spacial score (nSPS) is 16.1. The van der Waals surface area contributed by atoms with Gasteiger partial charge in [0, 0.05) is 67.7 Å². The van der Waals surface area contributed by atoms with Crippen molar-refractivity contribution >= 4 is 16.8 Å². The first kappa shape index (κ1) is 34.0. The Morgan fingerprint density at radius 2 is 1.81 bits per heavy atom. The summed E-state index contributed by atoms with van der Waals surface area (Å²) in [5, 5.41) is 4.63. The molecule has 3 aromatic heterocycles. The second kappa shape index (κ2) is 15.5. The minimum atomic E-state index is -0.257. The molecule has 1 aliphatic rings. The van der Waals surface area contributed by atoms with Gasteiger partial charge in [0.05, 0.1) is 23.3 Å². The van der Waals surface area contributed by atoms with Crippen LogP contribution in [0.25, 0.3) is 22.3 Å². The zero-order valence-corrected chi connectivity index (χ0v) is 28.4. The summed E-state index contributed by atoms with van der Waals surface area (Å²) in [6.07, 6.45) is 6.93. The minimum Gasteiger partial charge on any atom is -0.473 e. The number of benzene rings is 2. The maximum atomic E-state index is 14.3. The summed E-state index contributed by atoms with van der Waals surface area (Å²) in [6.45, 7) is 8.82. The van der Waals surface area contributed by atoms with E-state index >= 15 is 0 Å². The molecule has 2 aromatic carbocycles. The average molecular weight is 640 g/mol. The number of aryl methyl sites for hydroxylation is 2. The van der Waals surface area contributed by atoms with Crippen LogP contribution in [0, 0.1) is 18.7 Å². The number of nitrogens with zero attached hydrogens (tertiary/aromatic N) is 5. The van der Waals surface area contributed by atoms with Crippen molar-refractivity contribution < 1.29 is 18.7 Å². The number of Topliss-reactive ketones (excluding diaryl/α,β-unsaturated/α-hetero) is 1. The number of hydrogen-bond acceptors (Lipinski definition) is 6. The summed E-state index contributed by atoms with van der Waals surface area (Å²) >= 11 is 0. The highest BCUT2D eigenvalue weighted by molar-refractivity contribution is 6.02. The second-order valence-electron chi connectivity index (χ2n) is 12.2. The van der Waals surface area contributed by atoms with Gasteiger partial charge >= 0.3 is 0 Å². The van der Waals surface area contributed by atoms with Crippen molar-refractivity contribution in [3.8, 4) is 17.1 Å². The van der Waals surface area contributed by atoms with E-state index in [0.29, 0.717) is 42.0 Å². The van der Waals surface area contributed by atoms with Gasteiger partial charge in [0.2, 0.25) is 5.88 Å². The summed E-state index contributed by atoms with van der Waals surface area (Å²) in [6, 6.07) is 16.9. The first-order valence-electron chi connectivity index (χ1n) is 16.7. The number of carbonyl (C=O) groups excluding carboxylic acids is 1. The van der Waals surface area contributed by atoms with Gasteiger partial charge in [0.15, 0.2) is 5.78 Å². The average Bonchev–Trinajstić information content (AvgIpc) is 3.67. The number of rotatable bonds is 11. The summed E-state index contributed by atoms with van der Waals surface area (Å²) in [4.78, 5) is 22.5. The summed E-state index contributed by atoms with van der Waals surface area (Å²) in [5.41, 5.74) is 6.57. The SMILES string of the molecule is CC.COCCn1c(CC2CCC(c3cccc(OCc4ccc(C)cc4F)n3)CC2)nc2c(-c3ccn(C)n3)cc(C(C)=O)cc21. The van der Waals surface area contributed by atoms with Gasteiger partial charge in [0.1, 0.15) is 18.2 Å².